The van der Waals surface area contributed by atoms with Gasteiger partial charge in [-0.05, 0) is 41.5 Å². The average molecular weight is 1490 g/mol. The van der Waals surface area contributed by atoms with Gasteiger partial charge >= 0.3 is 0 Å². The lowest BCUT2D eigenvalue weighted by molar-refractivity contribution is -0.224. The largest absolute Gasteiger partial charge is 0.400 e. The monoisotopic (exact) mass is 1490 g/mol. The molecule has 7 rings (SSSR count). The maximum atomic E-state index is 9.71. The zero-order valence-corrected chi connectivity index (χ0v) is 59.2. The zero-order valence-electron chi connectivity index (χ0n) is 59.2. The van der Waals surface area contributed by atoms with Crippen molar-refractivity contribution in [3.63, 3.8) is 0 Å². The van der Waals surface area contributed by atoms with E-state index in [2.05, 4.69) is 0 Å². The van der Waals surface area contributed by atoms with Gasteiger partial charge in [-0.3, -0.25) is 0 Å². The molecule has 7 aliphatic rings. The maximum absolute atomic E-state index is 9.71. The summed E-state index contributed by atoms with van der Waals surface area (Å²) in [5, 5.41) is 240. The smallest absolute Gasteiger partial charge is 0.111 e. The van der Waals surface area contributed by atoms with E-state index >= 15 is 0 Å². The van der Waals surface area contributed by atoms with E-state index in [9.17, 15) is 81.7 Å². The van der Waals surface area contributed by atoms with Gasteiger partial charge in [0.05, 0.1) is 151 Å². The topological polar surface area (TPSA) is 620 Å². The molecular formula is C65H148O35. The van der Waals surface area contributed by atoms with Crippen LogP contribution in [-0.2, 0) is 37.9 Å². The maximum Gasteiger partial charge on any atom is 0.111 e. The van der Waals surface area contributed by atoms with Crippen LogP contribution in [0.5, 0.6) is 0 Å². The zero-order chi connectivity index (χ0) is 76.5. The van der Waals surface area contributed by atoms with Gasteiger partial charge in [-0.25, -0.2) is 0 Å². The molecule has 35 atom stereocenters. The highest BCUT2D eigenvalue weighted by molar-refractivity contribution is 4.94. The van der Waals surface area contributed by atoms with E-state index in [1.807, 2.05) is 13.8 Å². The van der Waals surface area contributed by atoms with Crippen LogP contribution in [0.4, 0.5) is 0 Å². The van der Waals surface area contributed by atoms with E-state index < -0.39 is 159 Å². The number of methoxy groups -OCH3 is 1. The van der Waals surface area contributed by atoms with Crippen molar-refractivity contribution in [3.05, 3.63) is 0 Å². The van der Waals surface area contributed by atoms with Gasteiger partial charge in [0.2, 0.25) is 0 Å². The highest BCUT2D eigenvalue weighted by Gasteiger charge is 2.46. The number of ether oxygens (including phenoxy) is 8. The predicted octanol–water partition coefficient (Wildman–Crippen LogP) is -7.05. The summed E-state index contributed by atoms with van der Waals surface area (Å²) in [5.74, 6) is -1.30. The summed E-state index contributed by atoms with van der Waals surface area (Å²) in [6.07, 6.45) is -21.8. The second-order valence-electron chi connectivity index (χ2n) is 23.4. The Balaban J connectivity index is -0.000000134. The number of rotatable bonds is 9. The van der Waals surface area contributed by atoms with Crippen LogP contribution in [0.1, 0.15) is 120 Å². The lowest BCUT2D eigenvalue weighted by atomic mass is 9.88. The predicted molar refractivity (Wildman–Crippen MR) is 369 cm³/mol. The molecule has 0 radical (unpaired) electrons. The summed E-state index contributed by atoms with van der Waals surface area (Å²) in [6, 6.07) is 0. The van der Waals surface area contributed by atoms with Crippen LogP contribution in [0.2, 0.25) is 0 Å². The van der Waals surface area contributed by atoms with Gasteiger partial charge in [-0.1, -0.05) is 78.2 Å². The molecule has 27 N–H and O–H groups in total. The molecule has 0 amide bonds. The molecule has 7 saturated heterocycles. The second-order valence-corrected chi connectivity index (χ2v) is 23.4. The van der Waals surface area contributed by atoms with Crippen molar-refractivity contribution in [2.45, 2.75) is 303 Å². The third kappa shape index (κ3) is 36.5. The molecule has 7 heterocycles. The summed E-state index contributed by atoms with van der Waals surface area (Å²) in [5.41, 5.74) is 0. The van der Waals surface area contributed by atoms with Crippen molar-refractivity contribution in [2.75, 3.05) is 88.4 Å². The molecule has 35 nitrogen and oxygen atoms in total. The minimum absolute atomic E-state index is 0. The van der Waals surface area contributed by atoms with Gasteiger partial charge < -0.3 is 176 Å². The van der Waals surface area contributed by atoms with Crippen LogP contribution in [0.15, 0.2) is 0 Å². The van der Waals surface area contributed by atoms with Crippen LogP contribution >= 0.6 is 0 Å². The molecular weight excluding hydrogens is 1340 g/mol. The summed E-state index contributed by atoms with van der Waals surface area (Å²) < 4.78 is 40.9. The summed E-state index contributed by atoms with van der Waals surface area (Å²) >= 11 is 0. The summed E-state index contributed by atoms with van der Waals surface area (Å²) in [7, 11) is 5.51. The van der Waals surface area contributed by atoms with Crippen molar-refractivity contribution in [1.29, 1.82) is 0 Å². The van der Waals surface area contributed by atoms with Crippen molar-refractivity contribution < 1.29 is 176 Å². The molecule has 618 valence electrons. The molecule has 0 spiro atoms. The van der Waals surface area contributed by atoms with E-state index in [1.165, 1.54) is 7.11 Å². The van der Waals surface area contributed by atoms with Crippen LogP contribution in [-0.4, -0.2) is 409 Å². The lowest BCUT2D eigenvalue weighted by Gasteiger charge is -2.40. The van der Waals surface area contributed by atoms with Crippen molar-refractivity contribution in [1.82, 2.24) is 0 Å². The number of hydrogen-bond donors (Lipinski definition) is 27. The molecule has 100 heavy (non-hydrogen) atoms. The van der Waals surface area contributed by atoms with Crippen molar-refractivity contribution in [2.24, 2.45) is 29.6 Å². The Morgan fingerprint density at radius 2 is 0.350 bits per heavy atom. The van der Waals surface area contributed by atoms with Crippen LogP contribution < -0.4 is 0 Å². The third-order valence-electron chi connectivity index (χ3n) is 17.0. The van der Waals surface area contributed by atoms with E-state index in [4.69, 9.17) is 94.1 Å². The Hall–Kier alpha value is -1.40. The number of hydrogen-bond acceptors (Lipinski definition) is 35. The minimum atomic E-state index is -1.24. The van der Waals surface area contributed by atoms with E-state index in [1.54, 1.807) is 76.2 Å². The Kier molecular flexibility index (Phi) is 74.5. The first-order valence-electron chi connectivity index (χ1n) is 32.1. The molecule has 35 heteroatoms. The average Bonchev–Trinajstić information content (AvgIpc) is 1.48. The van der Waals surface area contributed by atoms with Gasteiger partial charge in [0, 0.05) is 65.1 Å². The molecule has 0 saturated carbocycles. The Morgan fingerprint density at radius 3 is 0.520 bits per heavy atom. The quantitative estimate of drug-likeness (QED) is 0.102. The number of aliphatic hydroxyl groups excluding tert-OH is 27. The molecule has 0 aromatic heterocycles. The Labute approximate surface area is 594 Å². The van der Waals surface area contributed by atoms with Gasteiger partial charge in [0.25, 0.3) is 0 Å². The van der Waals surface area contributed by atoms with Crippen LogP contribution in [0, 0.1) is 29.6 Å². The molecule has 0 aromatic carbocycles. The fraction of sp³-hybridized carbons (Fsp3) is 1.00. The van der Waals surface area contributed by atoms with Gasteiger partial charge in [0.1, 0.15) is 85.5 Å². The van der Waals surface area contributed by atoms with E-state index in [0.29, 0.717) is 0 Å². The molecule has 0 bridgehead atoms. The van der Waals surface area contributed by atoms with Crippen molar-refractivity contribution in [3.8, 4) is 0 Å². The summed E-state index contributed by atoms with van der Waals surface area (Å²) in [6.45, 7) is 21.2. The second kappa shape index (κ2) is 63.7. The van der Waals surface area contributed by atoms with Gasteiger partial charge in [-0.2, -0.15) is 0 Å². The SMILES string of the molecule is C.C.C.C.CC.CC1OC(CO)C(O)[C@@H](C)[C@@H]1O.CC1OC(CO)C(O)[C@@H](C)[C@@H]1O.CC1OC(CO)C(O)[C@@H](C)[C@@H]1O.CC1OC(CO)C(O)[C@@H](C)[C@@H]1O.CC1OC(CO)C(O)[C@@H](O)[C@@H]1O.CC1OC(CO)C(O)[C@@H](O)[C@@H]1O.CO.CO.CO.CO.COCC1OC(CO)C(O)[C@@H](C)[C@@H]1O. The summed E-state index contributed by atoms with van der Waals surface area (Å²) in [4.78, 5) is 0. The van der Waals surface area contributed by atoms with E-state index in [-0.39, 0.29) is 137 Å². The van der Waals surface area contributed by atoms with E-state index in [0.717, 1.165) is 28.4 Å². The first-order valence-corrected chi connectivity index (χ1v) is 32.1. The Morgan fingerprint density at radius 1 is 0.210 bits per heavy atom. The molecule has 21 unspecified atom stereocenters. The minimum Gasteiger partial charge on any atom is -0.400 e. The van der Waals surface area contributed by atoms with Crippen LogP contribution in [0.25, 0.3) is 0 Å². The highest BCUT2D eigenvalue weighted by atomic mass is 16.6. The molecule has 7 aliphatic heterocycles. The first kappa shape index (κ1) is 117. The standard InChI is InChI=1S/C9H18O5.4C8H16O4.2C7H14O5.C2H6.4CH4O.4CH4/c1-5-8(11)6(3-10)14-7(4-13-2)9(5)12;4*1-4-7(10)5(2)12-6(3-9)8(4)11;2*1-3-5(9)7(11)6(10)4(2-8)12-3;5*1-2;;;;/h5-12H,3-4H2,1-2H3;4*4-11H,3H2,1-2H3;2*3-11H,2H2,1H3;1-2H3;4*2H,1H3;4*1H4/t5-,6?,7?,8?,9+;4*4-,5?,6?,7-,8?;2*3?,4?,5-,6?,7+;;;;;;;;;/m1000011........./s1. The highest BCUT2D eigenvalue weighted by Crippen LogP contribution is 2.30. The molecule has 7 fully saturated rings. The van der Waals surface area contributed by atoms with Gasteiger partial charge in [0.15, 0.2) is 0 Å². The molecule has 0 aliphatic carbocycles. The van der Waals surface area contributed by atoms with Gasteiger partial charge in [-0.15, -0.1) is 0 Å². The fourth-order valence-corrected chi connectivity index (χ4v) is 10.5. The Bertz CT molecular complexity index is 1470. The van der Waals surface area contributed by atoms with Crippen molar-refractivity contribution >= 4 is 0 Å². The molecule has 0 aromatic rings. The number of aliphatic hydroxyl groups is 27. The van der Waals surface area contributed by atoms with Crippen LogP contribution in [0.3, 0.4) is 0 Å². The first-order chi connectivity index (χ1) is 45.1. The lowest BCUT2D eigenvalue weighted by Crippen LogP contribution is -2.57. The fourth-order valence-electron chi connectivity index (χ4n) is 10.5. The third-order valence-corrected chi connectivity index (χ3v) is 17.0. The normalized spacial score (nSPS) is 41.9.